The fraction of sp³-hybridized carbons (Fsp3) is 0.348. The van der Waals surface area contributed by atoms with Gasteiger partial charge < -0.3 is 14.2 Å². The molecular weight excluding hydrogens is 448 g/mol. The minimum atomic E-state index is -3.70. The average Bonchev–Trinajstić information content (AvgIpc) is 3.24. The Morgan fingerprint density at radius 3 is 2.53 bits per heavy atom. The minimum Gasteiger partial charge on any atom is -0.497 e. The summed E-state index contributed by atoms with van der Waals surface area (Å²) in [6.45, 7) is 3.33. The van der Waals surface area contributed by atoms with Crippen LogP contribution in [-0.2, 0) is 27.9 Å². The third kappa shape index (κ3) is 6.52. The molecule has 0 unspecified atom stereocenters. The number of ether oxygens (including phenoxy) is 3. The van der Waals surface area contributed by atoms with E-state index in [0.29, 0.717) is 37.6 Å². The van der Waals surface area contributed by atoms with Crippen molar-refractivity contribution in [3.63, 3.8) is 0 Å². The smallest absolute Gasteiger partial charge is 0.243 e. The summed E-state index contributed by atoms with van der Waals surface area (Å²) in [5, 5.41) is 2.67. The van der Waals surface area contributed by atoms with Crippen molar-refractivity contribution in [2.45, 2.75) is 31.4 Å². The van der Waals surface area contributed by atoms with Crippen LogP contribution in [0.3, 0.4) is 0 Å². The first-order valence-electron chi connectivity index (χ1n) is 10.2. The second kappa shape index (κ2) is 11.4. The van der Waals surface area contributed by atoms with Crippen molar-refractivity contribution in [2.24, 2.45) is 0 Å². The van der Waals surface area contributed by atoms with E-state index in [9.17, 15) is 8.42 Å². The first-order valence-corrected chi connectivity index (χ1v) is 12.5. The molecule has 32 heavy (non-hydrogen) atoms. The van der Waals surface area contributed by atoms with Crippen LogP contribution >= 0.6 is 11.3 Å². The van der Waals surface area contributed by atoms with Crippen molar-refractivity contribution in [1.82, 2.24) is 9.29 Å². The Morgan fingerprint density at radius 1 is 1.06 bits per heavy atom. The number of rotatable bonds is 12. The first kappa shape index (κ1) is 24.2. The number of hydrogen-bond donors (Lipinski definition) is 0. The molecule has 0 fully saturated rings. The molecule has 0 N–H and O–H groups in total. The van der Waals surface area contributed by atoms with Crippen molar-refractivity contribution in [1.29, 1.82) is 0 Å². The van der Waals surface area contributed by atoms with Crippen LogP contribution in [0.2, 0.25) is 0 Å². The molecule has 0 aliphatic carbocycles. The number of aryl methyl sites for hydroxylation is 1. The normalized spacial score (nSPS) is 11.6. The Morgan fingerprint density at radius 2 is 1.84 bits per heavy atom. The molecule has 0 bridgehead atoms. The van der Waals surface area contributed by atoms with Gasteiger partial charge in [0.25, 0.3) is 0 Å². The highest BCUT2D eigenvalue weighted by Gasteiger charge is 2.25. The molecule has 0 saturated heterocycles. The molecule has 172 valence electrons. The van der Waals surface area contributed by atoms with E-state index in [1.54, 1.807) is 38.5 Å². The fourth-order valence-electron chi connectivity index (χ4n) is 3.08. The number of aromatic nitrogens is 1. The molecule has 7 nitrogen and oxygen atoms in total. The highest BCUT2D eigenvalue weighted by molar-refractivity contribution is 7.89. The maximum atomic E-state index is 13.3. The fourth-order valence-corrected chi connectivity index (χ4v) is 5.23. The highest BCUT2D eigenvalue weighted by Crippen LogP contribution is 2.23. The van der Waals surface area contributed by atoms with Gasteiger partial charge in [-0.2, -0.15) is 4.31 Å². The summed E-state index contributed by atoms with van der Waals surface area (Å²) in [7, 11) is -0.555. The van der Waals surface area contributed by atoms with E-state index in [4.69, 9.17) is 14.2 Å². The lowest BCUT2D eigenvalue weighted by molar-refractivity contribution is 0.186. The SMILES string of the molecule is COCCCN(Cc1csc(COc2cccc(C)c2)n1)S(=O)(=O)c1ccc(OC)cc1. The summed E-state index contributed by atoms with van der Waals surface area (Å²) in [5.74, 6) is 1.39. The first-order chi connectivity index (χ1) is 15.4. The maximum absolute atomic E-state index is 13.3. The van der Waals surface area contributed by atoms with E-state index in [0.717, 1.165) is 16.3 Å². The molecule has 0 saturated carbocycles. The molecule has 1 heterocycles. The third-order valence-corrected chi connectivity index (χ3v) is 7.47. The van der Waals surface area contributed by atoms with E-state index in [2.05, 4.69) is 4.98 Å². The number of methoxy groups -OCH3 is 2. The highest BCUT2D eigenvalue weighted by atomic mass is 32.2. The van der Waals surface area contributed by atoms with E-state index >= 15 is 0 Å². The van der Waals surface area contributed by atoms with Crippen LogP contribution in [0.25, 0.3) is 0 Å². The van der Waals surface area contributed by atoms with Gasteiger partial charge in [0.1, 0.15) is 23.1 Å². The number of hydrogen-bond acceptors (Lipinski definition) is 7. The topological polar surface area (TPSA) is 78.0 Å². The quantitative estimate of drug-likeness (QED) is 0.364. The van der Waals surface area contributed by atoms with Crippen LogP contribution in [-0.4, -0.2) is 45.1 Å². The molecule has 0 aliphatic rings. The van der Waals surface area contributed by atoms with Crippen LogP contribution < -0.4 is 9.47 Å². The second-order valence-electron chi connectivity index (χ2n) is 7.20. The predicted molar refractivity (Wildman–Crippen MR) is 125 cm³/mol. The van der Waals surface area contributed by atoms with Crippen molar-refractivity contribution < 1.29 is 22.6 Å². The molecule has 0 atom stereocenters. The zero-order valence-corrected chi connectivity index (χ0v) is 20.1. The standard InChI is InChI=1S/C23H28N2O5S2/c1-18-6-4-7-21(14-18)30-16-23-24-19(17-31-23)15-25(12-5-13-28-2)32(26,27)22-10-8-20(29-3)9-11-22/h4,6-11,14,17H,5,12-13,15-16H2,1-3H3. The van der Waals surface area contributed by atoms with Gasteiger partial charge in [0.2, 0.25) is 10.0 Å². The van der Waals surface area contributed by atoms with Gasteiger partial charge in [-0.05, 0) is 55.3 Å². The second-order valence-corrected chi connectivity index (χ2v) is 10.1. The van der Waals surface area contributed by atoms with Crippen LogP contribution in [0, 0.1) is 6.92 Å². The van der Waals surface area contributed by atoms with E-state index in [-0.39, 0.29) is 11.4 Å². The Hall–Kier alpha value is -2.46. The molecule has 0 aliphatic heterocycles. The summed E-state index contributed by atoms with van der Waals surface area (Å²) in [5.41, 5.74) is 1.81. The molecule has 0 radical (unpaired) electrons. The molecule has 0 amide bonds. The molecular formula is C23H28N2O5S2. The summed E-state index contributed by atoms with van der Waals surface area (Å²) in [6.07, 6.45) is 0.583. The van der Waals surface area contributed by atoms with Crippen molar-refractivity contribution in [2.75, 3.05) is 27.4 Å². The van der Waals surface area contributed by atoms with E-state index in [1.807, 2.05) is 36.6 Å². The molecule has 9 heteroatoms. The molecule has 2 aromatic carbocycles. The van der Waals surface area contributed by atoms with Gasteiger partial charge in [-0.1, -0.05) is 12.1 Å². The number of benzene rings is 2. The maximum Gasteiger partial charge on any atom is 0.243 e. The third-order valence-electron chi connectivity index (χ3n) is 4.74. The lowest BCUT2D eigenvalue weighted by atomic mass is 10.2. The van der Waals surface area contributed by atoms with E-state index in [1.165, 1.54) is 15.6 Å². The zero-order valence-electron chi connectivity index (χ0n) is 18.5. The summed E-state index contributed by atoms with van der Waals surface area (Å²) in [4.78, 5) is 4.80. The Labute approximate surface area is 193 Å². The van der Waals surface area contributed by atoms with Gasteiger partial charge in [0, 0.05) is 25.6 Å². The molecule has 3 aromatic rings. The Bertz CT molecular complexity index is 1100. The zero-order chi connectivity index (χ0) is 23.0. The van der Waals surface area contributed by atoms with Crippen molar-refractivity contribution in [3.05, 3.63) is 70.2 Å². The summed E-state index contributed by atoms with van der Waals surface area (Å²) < 4.78 is 44.1. The molecule has 1 aromatic heterocycles. The van der Waals surface area contributed by atoms with Gasteiger partial charge in [0.05, 0.1) is 24.2 Å². The van der Waals surface area contributed by atoms with Crippen molar-refractivity contribution >= 4 is 21.4 Å². The lowest BCUT2D eigenvalue weighted by Gasteiger charge is -2.21. The van der Waals surface area contributed by atoms with Crippen LogP contribution in [0.15, 0.2) is 58.8 Å². The van der Waals surface area contributed by atoms with Gasteiger partial charge in [0.15, 0.2) is 0 Å². The molecule has 3 rings (SSSR count). The predicted octanol–water partition coefficient (Wildman–Crippen LogP) is 4.27. The number of sulfonamides is 1. The van der Waals surface area contributed by atoms with Crippen LogP contribution in [0.5, 0.6) is 11.5 Å². The van der Waals surface area contributed by atoms with Gasteiger partial charge in [-0.3, -0.25) is 0 Å². The van der Waals surface area contributed by atoms with E-state index < -0.39 is 10.0 Å². The number of thiazole rings is 1. The largest absolute Gasteiger partial charge is 0.497 e. The average molecular weight is 477 g/mol. The number of nitrogens with zero attached hydrogens (tertiary/aromatic N) is 2. The Balaban J connectivity index is 1.72. The summed E-state index contributed by atoms with van der Waals surface area (Å²) >= 11 is 1.46. The monoisotopic (exact) mass is 476 g/mol. The van der Waals surface area contributed by atoms with Crippen molar-refractivity contribution in [3.8, 4) is 11.5 Å². The Kier molecular flexibility index (Phi) is 8.63. The molecule has 0 spiro atoms. The summed E-state index contributed by atoms with van der Waals surface area (Å²) in [6, 6.07) is 14.2. The van der Waals surface area contributed by atoms with Gasteiger partial charge >= 0.3 is 0 Å². The van der Waals surface area contributed by atoms with Crippen LogP contribution in [0.1, 0.15) is 22.7 Å². The van der Waals surface area contributed by atoms with Gasteiger partial charge in [-0.25, -0.2) is 13.4 Å². The van der Waals surface area contributed by atoms with Crippen LogP contribution in [0.4, 0.5) is 0 Å². The lowest BCUT2D eigenvalue weighted by Crippen LogP contribution is -2.32. The van der Waals surface area contributed by atoms with Gasteiger partial charge in [-0.15, -0.1) is 11.3 Å². The minimum absolute atomic E-state index is 0.180.